The summed E-state index contributed by atoms with van der Waals surface area (Å²) < 4.78 is 36.4. The molecule has 0 bridgehead atoms. The molecular weight excluding hydrogens is 454 g/mol. The van der Waals surface area contributed by atoms with Crippen molar-refractivity contribution < 1.29 is 27.5 Å². The second kappa shape index (κ2) is 12.1. The zero-order valence-corrected chi connectivity index (χ0v) is 19.4. The van der Waals surface area contributed by atoms with Crippen molar-refractivity contribution in [3.63, 3.8) is 0 Å². The van der Waals surface area contributed by atoms with Crippen molar-refractivity contribution in [2.24, 2.45) is 0 Å². The molecule has 2 rings (SSSR count). The van der Waals surface area contributed by atoms with Gasteiger partial charge in [-0.2, -0.15) is 0 Å². The number of ether oxygens (including phenoxy) is 2. The van der Waals surface area contributed by atoms with Gasteiger partial charge in [-0.15, -0.1) is 0 Å². The van der Waals surface area contributed by atoms with Gasteiger partial charge in [-0.25, -0.2) is 8.42 Å². The molecule has 32 heavy (non-hydrogen) atoms. The van der Waals surface area contributed by atoms with E-state index in [0.29, 0.717) is 11.4 Å². The number of thiocarbonyl (C=S) groups is 1. The van der Waals surface area contributed by atoms with E-state index in [-0.39, 0.29) is 36.1 Å². The van der Waals surface area contributed by atoms with Gasteiger partial charge in [0.25, 0.3) is 10.0 Å². The molecule has 0 saturated heterocycles. The van der Waals surface area contributed by atoms with E-state index in [4.69, 9.17) is 21.7 Å². The molecular formula is C21H25N3O6S2. The lowest BCUT2D eigenvalue weighted by atomic mass is 10.3. The van der Waals surface area contributed by atoms with Gasteiger partial charge in [0.2, 0.25) is 5.91 Å². The Morgan fingerprint density at radius 2 is 1.66 bits per heavy atom. The zero-order valence-electron chi connectivity index (χ0n) is 17.7. The average Bonchev–Trinajstić information content (AvgIpc) is 2.78. The lowest BCUT2D eigenvalue weighted by Gasteiger charge is -2.19. The van der Waals surface area contributed by atoms with Gasteiger partial charge < -0.3 is 20.1 Å². The highest BCUT2D eigenvalue weighted by Gasteiger charge is 2.21. The van der Waals surface area contributed by atoms with E-state index in [9.17, 15) is 18.0 Å². The second-order valence-electron chi connectivity index (χ2n) is 6.55. The summed E-state index contributed by atoms with van der Waals surface area (Å²) >= 11 is 5.09. The second-order valence-corrected chi connectivity index (χ2v) is 8.93. The maximum Gasteiger partial charge on any atom is 0.306 e. The Balaban J connectivity index is 1.87. The number of nitrogens with zero attached hydrogens (tertiary/aromatic N) is 1. The summed E-state index contributed by atoms with van der Waals surface area (Å²) in [5, 5.41) is 5.29. The predicted octanol–water partition coefficient (Wildman–Crippen LogP) is 2.29. The van der Waals surface area contributed by atoms with Crippen LogP contribution in [0.3, 0.4) is 0 Å². The highest BCUT2D eigenvalue weighted by molar-refractivity contribution is 7.92. The molecule has 0 aromatic heterocycles. The SMILES string of the molecule is COCCOC(=O)CCC(=O)NC(=S)Nc1ccc(S(=O)(=O)N(C)c2ccccc2)cc1. The largest absolute Gasteiger partial charge is 0.463 e. The van der Waals surface area contributed by atoms with Crippen LogP contribution in [0.1, 0.15) is 12.8 Å². The van der Waals surface area contributed by atoms with Crippen LogP contribution in [0.2, 0.25) is 0 Å². The van der Waals surface area contributed by atoms with Crippen molar-refractivity contribution in [2.45, 2.75) is 17.7 Å². The molecule has 1 amide bonds. The van der Waals surface area contributed by atoms with Crippen molar-refractivity contribution in [1.82, 2.24) is 5.32 Å². The Kier molecular flexibility index (Phi) is 9.57. The van der Waals surface area contributed by atoms with Crippen LogP contribution in [-0.2, 0) is 29.1 Å². The Morgan fingerprint density at radius 3 is 2.28 bits per heavy atom. The lowest BCUT2D eigenvalue weighted by Crippen LogP contribution is -2.34. The molecule has 0 atom stereocenters. The van der Waals surface area contributed by atoms with Gasteiger partial charge in [-0.3, -0.25) is 13.9 Å². The summed E-state index contributed by atoms with van der Waals surface area (Å²) in [6, 6.07) is 14.7. The minimum absolute atomic E-state index is 0.0276. The monoisotopic (exact) mass is 479 g/mol. The van der Waals surface area contributed by atoms with Crippen molar-refractivity contribution in [1.29, 1.82) is 0 Å². The normalized spacial score (nSPS) is 10.8. The van der Waals surface area contributed by atoms with E-state index in [1.54, 1.807) is 30.3 Å². The van der Waals surface area contributed by atoms with Gasteiger partial charge in [0.05, 0.1) is 23.6 Å². The number of hydrogen-bond donors (Lipinski definition) is 2. The number of anilines is 2. The van der Waals surface area contributed by atoms with Gasteiger partial charge in [0.1, 0.15) is 6.61 Å². The summed E-state index contributed by atoms with van der Waals surface area (Å²) in [6.07, 6.45) is -0.170. The number of nitrogens with one attached hydrogen (secondary N) is 2. The first-order valence-electron chi connectivity index (χ1n) is 9.63. The summed E-state index contributed by atoms with van der Waals surface area (Å²) in [4.78, 5) is 23.5. The number of esters is 1. The van der Waals surface area contributed by atoms with E-state index in [1.807, 2.05) is 0 Å². The number of methoxy groups -OCH3 is 1. The fraction of sp³-hybridized carbons (Fsp3) is 0.286. The zero-order chi connectivity index (χ0) is 23.6. The van der Waals surface area contributed by atoms with Crippen molar-refractivity contribution >= 4 is 50.6 Å². The van der Waals surface area contributed by atoms with Gasteiger partial charge in [0.15, 0.2) is 5.11 Å². The molecule has 0 spiro atoms. The van der Waals surface area contributed by atoms with Crippen molar-refractivity contribution in [2.75, 3.05) is 37.0 Å². The van der Waals surface area contributed by atoms with Crippen LogP contribution in [0.15, 0.2) is 59.5 Å². The molecule has 0 heterocycles. The Bertz CT molecular complexity index is 1030. The predicted molar refractivity (Wildman–Crippen MR) is 125 cm³/mol. The molecule has 2 N–H and O–H groups in total. The molecule has 0 aliphatic rings. The average molecular weight is 480 g/mol. The van der Waals surface area contributed by atoms with Crippen molar-refractivity contribution in [3.8, 4) is 0 Å². The molecule has 0 radical (unpaired) electrons. The Hall–Kier alpha value is -3.02. The third kappa shape index (κ3) is 7.59. The number of amides is 1. The molecule has 172 valence electrons. The number of sulfonamides is 1. The van der Waals surface area contributed by atoms with Crippen LogP contribution < -0.4 is 14.9 Å². The summed E-state index contributed by atoms with van der Waals surface area (Å²) in [6.45, 7) is 0.415. The lowest BCUT2D eigenvalue weighted by molar-refractivity contribution is -0.146. The highest BCUT2D eigenvalue weighted by atomic mass is 32.2. The number of carbonyl (C=O) groups is 2. The van der Waals surface area contributed by atoms with E-state index in [1.165, 1.54) is 42.7 Å². The summed E-state index contributed by atoms with van der Waals surface area (Å²) in [7, 11) is -0.757. The smallest absolute Gasteiger partial charge is 0.306 e. The Labute approximate surface area is 192 Å². The Morgan fingerprint density at radius 1 is 1.00 bits per heavy atom. The first kappa shape index (κ1) is 25.2. The fourth-order valence-corrected chi connectivity index (χ4v) is 3.95. The summed E-state index contributed by atoms with van der Waals surface area (Å²) in [5.74, 6) is -0.955. The van der Waals surface area contributed by atoms with Crippen LogP contribution in [0, 0.1) is 0 Å². The van der Waals surface area contributed by atoms with E-state index in [0.717, 1.165) is 0 Å². The third-order valence-electron chi connectivity index (χ3n) is 4.25. The fourth-order valence-electron chi connectivity index (χ4n) is 2.52. The van der Waals surface area contributed by atoms with Crippen LogP contribution in [-0.4, -0.2) is 52.8 Å². The third-order valence-corrected chi connectivity index (χ3v) is 6.25. The highest BCUT2D eigenvalue weighted by Crippen LogP contribution is 2.22. The molecule has 0 saturated carbocycles. The molecule has 0 aliphatic heterocycles. The summed E-state index contributed by atoms with van der Waals surface area (Å²) in [5.41, 5.74) is 1.04. The van der Waals surface area contributed by atoms with Gasteiger partial charge in [-0.05, 0) is 48.6 Å². The molecule has 0 fully saturated rings. The molecule has 2 aromatic carbocycles. The van der Waals surface area contributed by atoms with E-state index >= 15 is 0 Å². The number of benzene rings is 2. The number of para-hydroxylation sites is 1. The maximum atomic E-state index is 12.8. The molecule has 2 aromatic rings. The van der Waals surface area contributed by atoms with E-state index in [2.05, 4.69) is 10.6 Å². The number of rotatable bonds is 10. The van der Waals surface area contributed by atoms with Crippen molar-refractivity contribution in [3.05, 3.63) is 54.6 Å². The molecule has 9 nitrogen and oxygen atoms in total. The topological polar surface area (TPSA) is 114 Å². The maximum absolute atomic E-state index is 12.8. The quantitative estimate of drug-likeness (QED) is 0.303. The number of carbonyl (C=O) groups excluding carboxylic acids is 2. The van der Waals surface area contributed by atoms with Crippen LogP contribution in [0.5, 0.6) is 0 Å². The van der Waals surface area contributed by atoms with Crippen LogP contribution in [0.25, 0.3) is 0 Å². The minimum atomic E-state index is -3.73. The van der Waals surface area contributed by atoms with Crippen LogP contribution >= 0.6 is 12.2 Å². The number of hydrogen-bond acceptors (Lipinski definition) is 7. The van der Waals surface area contributed by atoms with Gasteiger partial charge in [0, 0.05) is 26.3 Å². The first-order chi connectivity index (χ1) is 15.2. The standard InChI is InChI=1S/C21H25N3O6S2/c1-24(17-6-4-3-5-7-17)32(27,28)18-10-8-16(9-11-18)22-21(31)23-19(25)12-13-20(26)30-15-14-29-2/h3-11H,12-15H2,1-2H3,(H2,22,23,25,31). The first-order valence-corrected chi connectivity index (χ1v) is 11.5. The van der Waals surface area contributed by atoms with E-state index < -0.39 is 21.9 Å². The molecule has 0 unspecified atom stereocenters. The van der Waals surface area contributed by atoms with Gasteiger partial charge in [-0.1, -0.05) is 18.2 Å². The molecule has 0 aliphatic carbocycles. The molecule has 11 heteroatoms. The minimum Gasteiger partial charge on any atom is -0.463 e. The van der Waals surface area contributed by atoms with Gasteiger partial charge >= 0.3 is 5.97 Å². The van der Waals surface area contributed by atoms with Crippen LogP contribution in [0.4, 0.5) is 11.4 Å².